The first-order valence-corrected chi connectivity index (χ1v) is 7.70. The van der Waals surface area contributed by atoms with Crippen LogP contribution >= 0.6 is 0 Å². The molecule has 3 rings (SSSR count). The van der Waals surface area contributed by atoms with Crippen LogP contribution in [0.25, 0.3) is 0 Å². The summed E-state index contributed by atoms with van der Waals surface area (Å²) >= 11 is 0. The van der Waals surface area contributed by atoms with Gasteiger partial charge in [-0.15, -0.1) is 0 Å². The van der Waals surface area contributed by atoms with Crippen LogP contribution < -0.4 is 4.90 Å². The molecule has 2 aromatic rings. The van der Waals surface area contributed by atoms with E-state index >= 15 is 0 Å². The molecule has 2 heterocycles. The quantitative estimate of drug-likeness (QED) is 0.627. The molecule has 1 saturated heterocycles. The summed E-state index contributed by atoms with van der Waals surface area (Å²) in [7, 11) is 1.81. The third-order valence-electron chi connectivity index (χ3n) is 4.31. The van der Waals surface area contributed by atoms with Gasteiger partial charge in [-0.3, -0.25) is 24.5 Å². The molecule has 0 N–H and O–H groups in total. The van der Waals surface area contributed by atoms with E-state index in [2.05, 4.69) is 5.10 Å². The zero-order chi connectivity index (χ0) is 17.3. The number of anilines is 1. The van der Waals surface area contributed by atoms with Crippen LogP contribution in [0.15, 0.2) is 30.6 Å². The van der Waals surface area contributed by atoms with E-state index in [-0.39, 0.29) is 23.1 Å². The topological polar surface area (TPSA) is 84.5 Å². The van der Waals surface area contributed by atoms with Crippen molar-refractivity contribution in [2.45, 2.75) is 13.5 Å². The second-order valence-corrected chi connectivity index (χ2v) is 5.95. The minimum absolute atomic E-state index is 0.0114. The van der Waals surface area contributed by atoms with Gasteiger partial charge in [-0.1, -0.05) is 12.1 Å². The number of aromatic nitrogens is 2. The van der Waals surface area contributed by atoms with Gasteiger partial charge >= 0.3 is 0 Å². The molecule has 1 aromatic heterocycles. The average molecular weight is 329 g/mol. The SMILES string of the molecule is Cc1c(CN2CCN(c3cnn(C)c3)C(=O)C2)cccc1[N+](=O)[O-]. The maximum Gasteiger partial charge on any atom is 0.272 e. The lowest BCUT2D eigenvalue weighted by atomic mass is 10.1. The van der Waals surface area contributed by atoms with E-state index in [1.807, 2.05) is 24.2 Å². The first kappa shape index (κ1) is 16.1. The lowest BCUT2D eigenvalue weighted by molar-refractivity contribution is -0.385. The molecule has 0 unspecified atom stereocenters. The summed E-state index contributed by atoms with van der Waals surface area (Å²) in [5.74, 6) is 0.0114. The van der Waals surface area contributed by atoms with Crippen LogP contribution in [0.2, 0.25) is 0 Å². The van der Waals surface area contributed by atoms with Gasteiger partial charge in [0.1, 0.15) is 0 Å². The average Bonchev–Trinajstić information content (AvgIpc) is 2.95. The van der Waals surface area contributed by atoms with Crippen LogP contribution in [-0.4, -0.2) is 45.1 Å². The molecule has 0 spiro atoms. The molecule has 8 nitrogen and oxygen atoms in total. The van der Waals surface area contributed by atoms with Crippen LogP contribution in [0.1, 0.15) is 11.1 Å². The van der Waals surface area contributed by atoms with E-state index in [4.69, 9.17) is 0 Å². The van der Waals surface area contributed by atoms with Gasteiger partial charge in [0.25, 0.3) is 5.69 Å². The molecular weight excluding hydrogens is 310 g/mol. The van der Waals surface area contributed by atoms with Gasteiger partial charge in [-0.2, -0.15) is 5.10 Å². The fraction of sp³-hybridized carbons (Fsp3) is 0.375. The van der Waals surface area contributed by atoms with Crippen molar-refractivity contribution in [2.24, 2.45) is 7.05 Å². The monoisotopic (exact) mass is 329 g/mol. The number of benzene rings is 1. The number of carbonyl (C=O) groups is 1. The number of aryl methyl sites for hydroxylation is 1. The summed E-state index contributed by atoms with van der Waals surface area (Å²) < 4.78 is 1.67. The maximum absolute atomic E-state index is 12.4. The van der Waals surface area contributed by atoms with E-state index < -0.39 is 0 Å². The molecule has 126 valence electrons. The van der Waals surface area contributed by atoms with E-state index in [0.717, 1.165) is 11.3 Å². The Labute approximate surface area is 139 Å². The van der Waals surface area contributed by atoms with Crippen molar-refractivity contribution < 1.29 is 9.72 Å². The number of amides is 1. The van der Waals surface area contributed by atoms with E-state index in [1.54, 1.807) is 28.8 Å². The van der Waals surface area contributed by atoms with Crippen molar-refractivity contribution in [3.63, 3.8) is 0 Å². The van der Waals surface area contributed by atoms with Crippen LogP contribution in [0, 0.1) is 17.0 Å². The smallest absolute Gasteiger partial charge is 0.272 e. The van der Waals surface area contributed by atoms with Gasteiger partial charge in [0.15, 0.2) is 0 Å². The third-order valence-corrected chi connectivity index (χ3v) is 4.31. The first-order chi connectivity index (χ1) is 11.5. The summed E-state index contributed by atoms with van der Waals surface area (Å²) in [4.78, 5) is 26.8. The largest absolute Gasteiger partial charge is 0.307 e. The first-order valence-electron chi connectivity index (χ1n) is 7.70. The number of hydrogen-bond acceptors (Lipinski definition) is 5. The molecular formula is C16H19N5O3. The summed E-state index contributed by atoms with van der Waals surface area (Å²) in [5, 5.41) is 15.1. The van der Waals surface area contributed by atoms with Gasteiger partial charge in [0.2, 0.25) is 5.91 Å². The Morgan fingerprint density at radius 1 is 1.33 bits per heavy atom. The Balaban J connectivity index is 1.70. The molecule has 8 heteroatoms. The number of piperazine rings is 1. The predicted molar refractivity (Wildman–Crippen MR) is 88.7 cm³/mol. The third kappa shape index (κ3) is 3.13. The highest BCUT2D eigenvalue weighted by molar-refractivity contribution is 5.95. The van der Waals surface area contributed by atoms with Crippen LogP contribution in [0.5, 0.6) is 0 Å². The summed E-state index contributed by atoms with van der Waals surface area (Å²) in [6, 6.07) is 5.07. The number of nitro benzene ring substituents is 1. The lowest BCUT2D eigenvalue weighted by Gasteiger charge is -2.33. The minimum Gasteiger partial charge on any atom is -0.307 e. The molecule has 1 amide bonds. The highest BCUT2D eigenvalue weighted by Crippen LogP contribution is 2.23. The van der Waals surface area contributed by atoms with Gasteiger partial charge in [0, 0.05) is 44.5 Å². The predicted octanol–water partition coefficient (Wildman–Crippen LogP) is 1.49. The standard InChI is InChI=1S/C16H19N5O3/c1-12-13(4-3-5-15(12)21(23)24)9-19-6-7-20(16(22)11-19)14-8-17-18(2)10-14/h3-5,8,10H,6-7,9,11H2,1-2H3. The summed E-state index contributed by atoms with van der Waals surface area (Å²) in [6.45, 7) is 3.86. The van der Waals surface area contributed by atoms with Crippen LogP contribution in [-0.2, 0) is 18.4 Å². The number of rotatable bonds is 4. The van der Waals surface area contributed by atoms with Gasteiger partial charge in [-0.05, 0) is 12.5 Å². The van der Waals surface area contributed by atoms with Gasteiger partial charge < -0.3 is 4.90 Å². The van der Waals surface area contributed by atoms with Crippen molar-refractivity contribution in [3.8, 4) is 0 Å². The molecule has 0 aliphatic carbocycles. The van der Waals surface area contributed by atoms with E-state index in [9.17, 15) is 14.9 Å². The highest BCUT2D eigenvalue weighted by atomic mass is 16.6. The second-order valence-electron chi connectivity index (χ2n) is 5.95. The van der Waals surface area contributed by atoms with Crippen LogP contribution in [0.4, 0.5) is 11.4 Å². The number of carbonyl (C=O) groups excluding carboxylic acids is 1. The molecule has 0 saturated carbocycles. The summed E-state index contributed by atoms with van der Waals surface area (Å²) in [5.41, 5.74) is 2.46. The van der Waals surface area contributed by atoms with E-state index in [1.165, 1.54) is 6.07 Å². The zero-order valence-electron chi connectivity index (χ0n) is 13.7. The Bertz CT molecular complexity index is 786. The van der Waals surface area contributed by atoms with E-state index in [0.29, 0.717) is 25.2 Å². The Hall–Kier alpha value is -2.74. The number of nitro groups is 1. The van der Waals surface area contributed by atoms with Crippen LogP contribution in [0.3, 0.4) is 0 Å². The molecule has 1 aromatic carbocycles. The zero-order valence-corrected chi connectivity index (χ0v) is 13.7. The molecule has 1 fully saturated rings. The number of hydrogen-bond donors (Lipinski definition) is 0. The van der Waals surface area contributed by atoms with Crippen molar-refractivity contribution in [1.82, 2.24) is 14.7 Å². The Morgan fingerprint density at radius 3 is 2.75 bits per heavy atom. The van der Waals surface area contributed by atoms with Gasteiger partial charge in [-0.25, -0.2) is 0 Å². The van der Waals surface area contributed by atoms with Crippen molar-refractivity contribution in [2.75, 3.05) is 24.5 Å². The molecule has 24 heavy (non-hydrogen) atoms. The summed E-state index contributed by atoms with van der Waals surface area (Å²) in [6.07, 6.45) is 3.50. The van der Waals surface area contributed by atoms with Crippen molar-refractivity contribution >= 4 is 17.3 Å². The highest BCUT2D eigenvalue weighted by Gasteiger charge is 2.26. The normalized spacial score (nSPS) is 15.8. The second kappa shape index (κ2) is 6.40. The van der Waals surface area contributed by atoms with Gasteiger partial charge in [0.05, 0.1) is 23.4 Å². The maximum atomic E-state index is 12.4. The number of nitrogens with zero attached hydrogens (tertiary/aromatic N) is 5. The fourth-order valence-electron chi connectivity index (χ4n) is 2.96. The lowest BCUT2D eigenvalue weighted by Crippen LogP contribution is -2.50. The molecule has 0 bridgehead atoms. The minimum atomic E-state index is -0.371. The van der Waals surface area contributed by atoms with Crippen molar-refractivity contribution in [3.05, 3.63) is 51.8 Å². The molecule has 1 aliphatic rings. The Morgan fingerprint density at radius 2 is 2.12 bits per heavy atom. The van der Waals surface area contributed by atoms with Crippen molar-refractivity contribution in [1.29, 1.82) is 0 Å². The molecule has 1 aliphatic heterocycles. The fourth-order valence-corrected chi connectivity index (χ4v) is 2.96. The Kier molecular flexibility index (Phi) is 4.30. The molecule has 0 radical (unpaired) electrons. The molecule has 0 atom stereocenters.